The number of hydrogen-bond donors (Lipinski definition) is 3. The summed E-state index contributed by atoms with van der Waals surface area (Å²) < 4.78 is 1.81. The summed E-state index contributed by atoms with van der Waals surface area (Å²) >= 11 is 0. The zero-order chi connectivity index (χ0) is 16.6. The van der Waals surface area contributed by atoms with Gasteiger partial charge in [-0.15, -0.1) is 0 Å². The van der Waals surface area contributed by atoms with E-state index in [1.165, 1.54) is 0 Å². The molecule has 1 aliphatic heterocycles. The highest BCUT2D eigenvalue weighted by Gasteiger charge is 2.36. The molecule has 2 heterocycles. The molecule has 0 saturated carbocycles. The van der Waals surface area contributed by atoms with Crippen LogP contribution in [0.15, 0.2) is 6.20 Å². The number of amides is 3. The smallest absolute Gasteiger partial charge is 0.315 e. The quantitative estimate of drug-likeness (QED) is 0.764. The number of nitrogens with one attached hydrogen (secondary N) is 3. The molecule has 2 aliphatic rings. The van der Waals surface area contributed by atoms with Crippen LogP contribution in [0.2, 0.25) is 0 Å². The summed E-state index contributed by atoms with van der Waals surface area (Å²) in [6.07, 6.45) is 6.03. The Bertz CT molecular complexity index is 622. The van der Waals surface area contributed by atoms with Crippen molar-refractivity contribution in [3.63, 3.8) is 0 Å². The van der Waals surface area contributed by atoms with Crippen LogP contribution in [0, 0.1) is 0 Å². The highest BCUT2D eigenvalue weighted by molar-refractivity contribution is 5.79. The van der Waals surface area contributed by atoms with Crippen LogP contribution in [0.3, 0.4) is 0 Å². The first-order valence-corrected chi connectivity index (χ1v) is 8.25. The van der Waals surface area contributed by atoms with E-state index in [1.807, 2.05) is 31.8 Å². The van der Waals surface area contributed by atoms with E-state index < -0.39 is 5.54 Å². The Morgan fingerprint density at radius 1 is 1.35 bits per heavy atom. The van der Waals surface area contributed by atoms with Gasteiger partial charge in [0.05, 0.1) is 23.3 Å². The second-order valence-corrected chi connectivity index (χ2v) is 7.13. The normalized spacial score (nSPS) is 26.1. The number of piperidine rings is 1. The van der Waals surface area contributed by atoms with Crippen LogP contribution in [0.4, 0.5) is 4.79 Å². The molecule has 0 aromatic carbocycles. The minimum atomic E-state index is -0.432. The van der Waals surface area contributed by atoms with Crippen molar-refractivity contribution in [2.75, 3.05) is 0 Å². The van der Waals surface area contributed by atoms with Crippen molar-refractivity contribution in [1.82, 2.24) is 25.7 Å². The van der Waals surface area contributed by atoms with Crippen LogP contribution in [0.25, 0.3) is 0 Å². The molecular formula is C16H25N5O2. The molecule has 0 bridgehead atoms. The number of carbonyl (C=O) groups is 2. The van der Waals surface area contributed by atoms with Crippen molar-refractivity contribution in [1.29, 1.82) is 0 Å². The molecule has 126 valence electrons. The number of fused-ring (bicyclic) bond motifs is 1. The molecular weight excluding hydrogens is 294 g/mol. The predicted octanol–water partition coefficient (Wildman–Crippen LogP) is 1.15. The first kappa shape index (κ1) is 15.8. The van der Waals surface area contributed by atoms with Gasteiger partial charge in [0.15, 0.2) is 0 Å². The van der Waals surface area contributed by atoms with Gasteiger partial charge < -0.3 is 16.0 Å². The Kier molecular flexibility index (Phi) is 4.04. The summed E-state index contributed by atoms with van der Waals surface area (Å²) in [7, 11) is 1.91. The molecule has 1 saturated heterocycles. The number of carbonyl (C=O) groups excluding carboxylic acids is 2. The molecule has 0 spiro atoms. The van der Waals surface area contributed by atoms with Crippen molar-refractivity contribution < 1.29 is 9.59 Å². The van der Waals surface area contributed by atoms with E-state index in [-0.39, 0.29) is 24.0 Å². The SMILES string of the molecule is Cn1cc2c(n1)CCCC2NC(=O)NC1CCC(=O)NC1(C)C. The molecule has 1 aromatic rings. The third-order valence-corrected chi connectivity index (χ3v) is 4.82. The fraction of sp³-hybridized carbons (Fsp3) is 0.688. The largest absolute Gasteiger partial charge is 0.349 e. The molecule has 0 radical (unpaired) electrons. The Hall–Kier alpha value is -2.05. The number of hydrogen-bond acceptors (Lipinski definition) is 3. The zero-order valence-electron chi connectivity index (χ0n) is 14.0. The summed E-state index contributed by atoms with van der Waals surface area (Å²) in [5.74, 6) is 0.0424. The molecule has 7 heteroatoms. The van der Waals surface area contributed by atoms with Crippen molar-refractivity contribution in [2.24, 2.45) is 7.05 Å². The molecule has 3 amide bonds. The highest BCUT2D eigenvalue weighted by Crippen LogP contribution is 2.28. The monoisotopic (exact) mass is 319 g/mol. The van der Waals surface area contributed by atoms with E-state index in [9.17, 15) is 9.59 Å². The van der Waals surface area contributed by atoms with Gasteiger partial charge in [0, 0.05) is 25.2 Å². The number of urea groups is 1. The van der Waals surface area contributed by atoms with E-state index in [1.54, 1.807) is 0 Å². The number of nitrogens with zero attached hydrogens (tertiary/aromatic N) is 2. The van der Waals surface area contributed by atoms with Gasteiger partial charge in [-0.1, -0.05) is 0 Å². The predicted molar refractivity (Wildman–Crippen MR) is 85.8 cm³/mol. The van der Waals surface area contributed by atoms with Crippen LogP contribution in [0.1, 0.15) is 56.8 Å². The number of aryl methyl sites for hydroxylation is 2. The highest BCUT2D eigenvalue weighted by atomic mass is 16.2. The van der Waals surface area contributed by atoms with Gasteiger partial charge in [-0.05, 0) is 39.5 Å². The number of rotatable bonds is 2. The third kappa shape index (κ3) is 3.33. The van der Waals surface area contributed by atoms with Gasteiger partial charge in [0.25, 0.3) is 0 Å². The second kappa shape index (κ2) is 5.86. The Balaban J connectivity index is 1.63. The average Bonchev–Trinajstić information content (AvgIpc) is 2.83. The van der Waals surface area contributed by atoms with Crippen LogP contribution in [0.5, 0.6) is 0 Å². The van der Waals surface area contributed by atoms with Crippen LogP contribution in [-0.2, 0) is 18.3 Å². The van der Waals surface area contributed by atoms with Crippen molar-refractivity contribution in [2.45, 2.75) is 63.6 Å². The van der Waals surface area contributed by atoms with Crippen molar-refractivity contribution in [3.05, 3.63) is 17.5 Å². The molecule has 1 fully saturated rings. The van der Waals surface area contributed by atoms with Crippen LogP contribution >= 0.6 is 0 Å². The summed E-state index contributed by atoms with van der Waals surface area (Å²) in [6, 6.07) is -0.244. The fourth-order valence-corrected chi connectivity index (χ4v) is 3.57. The Morgan fingerprint density at radius 2 is 2.13 bits per heavy atom. The molecule has 7 nitrogen and oxygen atoms in total. The fourth-order valence-electron chi connectivity index (χ4n) is 3.57. The van der Waals surface area contributed by atoms with Gasteiger partial charge in [0.1, 0.15) is 0 Å². The van der Waals surface area contributed by atoms with E-state index in [2.05, 4.69) is 21.0 Å². The molecule has 2 atom stereocenters. The molecule has 23 heavy (non-hydrogen) atoms. The van der Waals surface area contributed by atoms with E-state index >= 15 is 0 Å². The molecule has 1 aliphatic carbocycles. The van der Waals surface area contributed by atoms with Crippen molar-refractivity contribution in [3.8, 4) is 0 Å². The first-order chi connectivity index (χ1) is 10.8. The summed E-state index contributed by atoms with van der Waals surface area (Å²) in [5.41, 5.74) is 1.76. The van der Waals surface area contributed by atoms with Gasteiger partial charge >= 0.3 is 6.03 Å². The maximum atomic E-state index is 12.4. The van der Waals surface area contributed by atoms with Gasteiger partial charge in [-0.25, -0.2) is 4.79 Å². The second-order valence-electron chi connectivity index (χ2n) is 7.13. The lowest BCUT2D eigenvalue weighted by Crippen LogP contribution is -2.63. The molecule has 2 unspecified atom stereocenters. The molecule has 1 aromatic heterocycles. The minimum Gasteiger partial charge on any atom is -0.349 e. The lowest BCUT2D eigenvalue weighted by molar-refractivity contribution is -0.125. The minimum absolute atomic E-state index is 0.00810. The maximum Gasteiger partial charge on any atom is 0.315 e. The lowest BCUT2D eigenvalue weighted by Gasteiger charge is -2.39. The topological polar surface area (TPSA) is 88.1 Å². The zero-order valence-corrected chi connectivity index (χ0v) is 14.0. The number of aromatic nitrogens is 2. The van der Waals surface area contributed by atoms with E-state index in [0.717, 1.165) is 30.5 Å². The van der Waals surface area contributed by atoms with Crippen molar-refractivity contribution >= 4 is 11.9 Å². The third-order valence-electron chi connectivity index (χ3n) is 4.82. The molecule has 3 rings (SSSR count). The van der Waals surface area contributed by atoms with E-state index in [0.29, 0.717) is 12.8 Å². The Labute approximate surface area is 136 Å². The molecule has 3 N–H and O–H groups in total. The average molecular weight is 319 g/mol. The first-order valence-electron chi connectivity index (χ1n) is 8.25. The standard InChI is InChI=1S/C16H25N5O2/c1-16(2)13(7-8-14(22)19-16)18-15(23)17-11-5-4-6-12-10(11)9-21(3)20-12/h9,11,13H,4-8H2,1-3H3,(H,19,22)(H2,17,18,23). The van der Waals surface area contributed by atoms with Gasteiger partial charge in [-0.2, -0.15) is 5.10 Å². The van der Waals surface area contributed by atoms with Gasteiger partial charge in [0.2, 0.25) is 5.91 Å². The van der Waals surface area contributed by atoms with E-state index in [4.69, 9.17) is 0 Å². The Morgan fingerprint density at radius 3 is 2.87 bits per heavy atom. The maximum absolute atomic E-state index is 12.4. The summed E-state index contributed by atoms with van der Waals surface area (Å²) in [6.45, 7) is 3.88. The van der Waals surface area contributed by atoms with Gasteiger partial charge in [-0.3, -0.25) is 9.48 Å². The lowest BCUT2D eigenvalue weighted by atomic mass is 9.87. The summed E-state index contributed by atoms with van der Waals surface area (Å²) in [4.78, 5) is 23.9. The van der Waals surface area contributed by atoms with Crippen LogP contribution < -0.4 is 16.0 Å². The van der Waals surface area contributed by atoms with Crippen LogP contribution in [-0.4, -0.2) is 33.3 Å². The summed E-state index contributed by atoms with van der Waals surface area (Å²) in [5, 5.41) is 13.5.